The molecule has 0 saturated heterocycles. The summed E-state index contributed by atoms with van der Waals surface area (Å²) in [6.07, 6.45) is 3.72. The number of esters is 1. The number of aliphatic hydroxyl groups is 3. The van der Waals surface area contributed by atoms with Crippen LogP contribution in [0.15, 0.2) is 36.1 Å². The topological polar surface area (TPSA) is 214 Å². The maximum atomic E-state index is 14.3. The van der Waals surface area contributed by atoms with Crippen LogP contribution in [0.3, 0.4) is 0 Å². The monoisotopic (exact) mass is 768 g/mol. The fourth-order valence-electron chi connectivity index (χ4n) is 7.23. The van der Waals surface area contributed by atoms with Gasteiger partial charge in [-0.25, -0.2) is 4.98 Å². The Balaban J connectivity index is 1.71. The van der Waals surface area contributed by atoms with Crippen LogP contribution in [-0.2, 0) is 30.4 Å². The Labute approximate surface area is 316 Å². The van der Waals surface area contributed by atoms with Gasteiger partial charge in [0, 0.05) is 61.2 Å². The molecule has 5 rings (SSSR count). The van der Waals surface area contributed by atoms with E-state index in [-0.39, 0.29) is 54.1 Å². The SMILES string of the molecule is COC1C=COC2(C)Oc3c(C)c(O)c4c(O)c(c5sc(CO)nc5c4c3C2=O)NC(=O)C(C)=C/C=C/C(C)C(O)C(C)C(O)C(C)C(OC(C)=O)C1C. The summed E-state index contributed by atoms with van der Waals surface area (Å²) in [5, 5.41) is 58.8. The Bertz CT molecular complexity index is 2070. The zero-order valence-electron chi connectivity index (χ0n) is 31.7. The number of hydrogen-bond donors (Lipinski definition) is 6. The molecular formula is C39H48N2O12S. The van der Waals surface area contributed by atoms with E-state index in [1.165, 1.54) is 46.3 Å². The van der Waals surface area contributed by atoms with Crippen LogP contribution in [-0.4, -0.2) is 85.5 Å². The number of hydrogen-bond acceptors (Lipinski definition) is 14. The highest BCUT2D eigenvalue weighted by Gasteiger charge is 2.49. The molecule has 9 unspecified atom stereocenters. The number of fused-ring (bicyclic) bond motifs is 1. The maximum absolute atomic E-state index is 14.3. The summed E-state index contributed by atoms with van der Waals surface area (Å²) in [5.41, 5.74) is 0.350. The fraction of sp³-hybridized carbons (Fsp3) is 0.487. The number of phenols is 2. The highest BCUT2D eigenvalue weighted by Crippen LogP contribution is 2.54. The van der Waals surface area contributed by atoms with E-state index < -0.39 is 89.6 Å². The van der Waals surface area contributed by atoms with E-state index in [2.05, 4.69) is 10.3 Å². The molecule has 54 heavy (non-hydrogen) atoms. The van der Waals surface area contributed by atoms with Gasteiger partial charge in [0.05, 0.1) is 52.3 Å². The number of aromatic nitrogens is 1. The van der Waals surface area contributed by atoms with Gasteiger partial charge >= 0.3 is 11.8 Å². The minimum absolute atomic E-state index is 0.00653. The van der Waals surface area contributed by atoms with Gasteiger partial charge in [-0.2, -0.15) is 0 Å². The third-order valence-corrected chi connectivity index (χ3v) is 11.6. The van der Waals surface area contributed by atoms with Crippen molar-refractivity contribution in [3.8, 4) is 17.2 Å². The first-order valence-corrected chi connectivity index (χ1v) is 18.4. The molecule has 0 radical (unpaired) electrons. The standard InChI is InChI=1S/C39H48N2O12S/c1-16-11-10-12-17(2)38(49)41-29-33(47)26-25(28-36(29)54-24(15-42)40-28)27-35(21(6)32(26)46)53-39(8,37(27)48)51-14-13-23(50-9)18(3)34(52-22(7)43)20(5)31(45)19(4)30(16)44/h10-14,16,18-20,23,30-31,34,42,44-47H,15H2,1-9H3,(H,41,49)/b11-10+,14-13?,17-12?. The van der Waals surface area contributed by atoms with Crippen molar-refractivity contribution in [3.05, 3.63) is 52.3 Å². The van der Waals surface area contributed by atoms with Gasteiger partial charge in [0.1, 0.15) is 28.3 Å². The molecule has 0 spiro atoms. The molecule has 2 aromatic carbocycles. The Morgan fingerprint density at radius 1 is 1.02 bits per heavy atom. The van der Waals surface area contributed by atoms with Crippen LogP contribution in [0.4, 0.5) is 5.69 Å². The minimum Gasteiger partial charge on any atom is -0.507 e. The number of Topliss-reactive ketones (excluding diaryl/α,β-unsaturated/α-hetero) is 1. The summed E-state index contributed by atoms with van der Waals surface area (Å²) in [7, 11) is 1.44. The smallest absolute Gasteiger partial charge is 0.312 e. The number of rotatable bonds is 3. The molecule has 2 aliphatic heterocycles. The van der Waals surface area contributed by atoms with Gasteiger partial charge in [-0.15, -0.1) is 11.3 Å². The highest BCUT2D eigenvalue weighted by atomic mass is 32.1. The predicted octanol–water partition coefficient (Wildman–Crippen LogP) is 5.15. The molecule has 0 saturated carbocycles. The number of benzene rings is 2. The number of anilines is 1. The zero-order chi connectivity index (χ0) is 40.0. The van der Waals surface area contributed by atoms with Crippen LogP contribution in [0.1, 0.15) is 69.4 Å². The molecule has 1 amide bonds. The van der Waals surface area contributed by atoms with E-state index in [0.717, 1.165) is 11.3 Å². The van der Waals surface area contributed by atoms with Crippen molar-refractivity contribution in [3.63, 3.8) is 0 Å². The van der Waals surface area contributed by atoms with E-state index in [0.29, 0.717) is 0 Å². The number of methoxy groups -OCH3 is 1. The lowest BCUT2D eigenvalue weighted by Gasteiger charge is -2.38. The molecule has 6 N–H and O–H groups in total. The third-order valence-electron chi connectivity index (χ3n) is 10.5. The Morgan fingerprint density at radius 2 is 1.70 bits per heavy atom. The van der Waals surface area contributed by atoms with Crippen molar-refractivity contribution in [1.82, 2.24) is 4.98 Å². The number of carbonyl (C=O) groups excluding carboxylic acids is 3. The summed E-state index contributed by atoms with van der Waals surface area (Å²) < 4.78 is 23.8. The summed E-state index contributed by atoms with van der Waals surface area (Å²) in [5.74, 6) is -7.18. The Hall–Kier alpha value is -4.54. The van der Waals surface area contributed by atoms with Crippen molar-refractivity contribution in [1.29, 1.82) is 0 Å². The molecule has 0 aliphatic carbocycles. The summed E-state index contributed by atoms with van der Waals surface area (Å²) in [4.78, 5) is 44.7. The van der Waals surface area contributed by atoms with E-state index in [9.17, 15) is 39.9 Å². The van der Waals surface area contributed by atoms with Gasteiger partial charge in [-0.05, 0) is 19.9 Å². The quantitative estimate of drug-likeness (QED) is 0.150. The minimum atomic E-state index is -1.97. The number of amides is 1. The first kappa shape index (κ1) is 40.6. The van der Waals surface area contributed by atoms with Gasteiger partial charge < -0.3 is 49.8 Å². The van der Waals surface area contributed by atoms with Crippen molar-refractivity contribution >= 4 is 55.7 Å². The first-order chi connectivity index (χ1) is 25.4. The second-order valence-corrected chi connectivity index (χ2v) is 15.4. The number of thiazole rings is 1. The lowest BCUT2D eigenvalue weighted by atomic mass is 9.78. The number of carbonyl (C=O) groups is 3. The van der Waals surface area contributed by atoms with Gasteiger partial charge in [-0.1, -0.05) is 45.9 Å². The van der Waals surface area contributed by atoms with E-state index in [1.807, 2.05) is 0 Å². The van der Waals surface area contributed by atoms with Crippen molar-refractivity contribution in [2.24, 2.45) is 23.7 Å². The van der Waals surface area contributed by atoms with Crippen LogP contribution in [0.5, 0.6) is 17.2 Å². The average Bonchev–Trinajstić information content (AvgIpc) is 3.68. The van der Waals surface area contributed by atoms with E-state index in [4.69, 9.17) is 18.9 Å². The van der Waals surface area contributed by atoms with Gasteiger partial charge in [-0.3, -0.25) is 14.4 Å². The number of phenolic OH excluding ortho intramolecular Hbond substituents is 2. The molecule has 14 nitrogen and oxygen atoms in total. The largest absolute Gasteiger partial charge is 0.507 e. The second kappa shape index (κ2) is 15.7. The molecule has 3 aromatic rings. The molecule has 9 atom stereocenters. The normalized spacial score (nSPS) is 30.3. The lowest BCUT2D eigenvalue weighted by molar-refractivity contribution is -0.160. The number of allylic oxidation sites excluding steroid dienone is 2. The van der Waals surface area contributed by atoms with Gasteiger partial charge in [0.25, 0.3) is 11.7 Å². The van der Waals surface area contributed by atoms with Crippen LogP contribution >= 0.6 is 11.3 Å². The van der Waals surface area contributed by atoms with Crippen molar-refractivity contribution < 1.29 is 58.9 Å². The fourth-order valence-corrected chi connectivity index (χ4v) is 8.17. The maximum Gasteiger partial charge on any atom is 0.312 e. The molecular weight excluding hydrogens is 720 g/mol. The number of ketones is 1. The summed E-state index contributed by atoms with van der Waals surface area (Å²) >= 11 is 0.986. The van der Waals surface area contributed by atoms with Crippen molar-refractivity contribution in [2.75, 3.05) is 12.4 Å². The van der Waals surface area contributed by atoms with E-state index in [1.54, 1.807) is 46.8 Å². The van der Waals surface area contributed by atoms with Crippen molar-refractivity contribution in [2.45, 2.75) is 92.2 Å². The molecule has 3 heterocycles. The van der Waals surface area contributed by atoms with Crippen LogP contribution < -0.4 is 10.1 Å². The number of nitrogens with one attached hydrogen (secondary N) is 1. The predicted molar refractivity (Wildman–Crippen MR) is 201 cm³/mol. The number of aliphatic hydroxyl groups excluding tert-OH is 3. The highest BCUT2D eigenvalue weighted by molar-refractivity contribution is 7.19. The molecule has 15 heteroatoms. The molecule has 4 bridgehead atoms. The number of nitrogens with zero attached hydrogens (tertiary/aromatic N) is 1. The van der Waals surface area contributed by atoms with Crippen LogP contribution in [0, 0.1) is 30.6 Å². The lowest BCUT2D eigenvalue weighted by Crippen LogP contribution is -2.46. The van der Waals surface area contributed by atoms with Crippen LogP contribution in [0.25, 0.3) is 21.0 Å². The Kier molecular flexibility index (Phi) is 11.8. The van der Waals surface area contributed by atoms with E-state index >= 15 is 0 Å². The average molecular weight is 769 g/mol. The Morgan fingerprint density at radius 3 is 2.33 bits per heavy atom. The second-order valence-electron chi connectivity index (χ2n) is 14.3. The molecule has 1 aromatic heterocycles. The number of aromatic hydroxyl groups is 2. The number of ether oxygens (including phenoxy) is 4. The summed E-state index contributed by atoms with van der Waals surface area (Å²) in [6, 6.07) is 0. The zero-order valence-corrected chi connectivity index (χ0v) is 32.5. The molecule has 292 valence electrons. The molecule has 2 aliphatic rings. The summed E-state index contributed by atoms with van der Waals surface area (Å²) in [6.45, 7) is 12.2. The molecule has 0 fully saturated rings. The van der Waals surface area contributed by atoms with Gasteiger partial charge in [0.15, 0.2) is 5.75 Å². The van der Waals surface area contributed by atoms with Gasteiger partial charge in [0.2, 0.25) is 0 Å². The third kappa shape index (κ3) is 7.18. The first-order valence-electron chi connectivity index (χ1n) is 17.6. The van der Waals surface area contributed by atoms with Crippen LogP contribution in [0.2, 0.25) is 0 Å².